The summed E-state index contributed by atoms with van der Waals surface area (Å²) in [4.78, 5) is 11.1. The molecule has 0 saturated heterocycles. The van der Waals surface area contributed by atoms with Gasteiger partial charge in [0.15, 0.2) is 6.29 Å². The third-order valence-corrected chi connectivity index (χ3v) is 3.01. The Bertz CT molecular complexity index is 609. The Balaban J connectivity index is 2.73. The molecule has 0 bridgehead atoms. The minimum absolute atomic E-state index is 0.714. The molecule has 2 aromatic carbocycles. The van der Waals surface area contributed by atoms with Crippen LogP contribution in [0.5, 0.6) is 0 Å². The van der Waals surface area contributed by atoms with Crippen LogP contribution in [0.4, 0.5) is 0 Å². The van der Waals surface area contributed by atoms with Crippen LogP contribution in [0.2, 0.25) is 0 Å². The number of aryl methyl sites for hydroxylation is 1. The van der Waals surface area contributed by atoms with Gasteiger partial charge in [0.05, 0.1) is 0 Å². The molecule has 0 saturated carbocycles. The Morgan fingerprint density at radius 1 is 1.11 bits per heavy atom. The highest BCUT2D eigenvalue weighted by molar-refractivity contribution is 5.91. The quantitative estimate of drug-likeness (QED) is 0.717. The number of rotatable bonds is 3. The Morgan fingerprint density at radius 3 is 2.50 bits per heavy atom. The molecule has 0 aromatic heterocycles. The van der Waals surface area contributed by atoms with Crippen LogP contribution in [0.3, 0.4) is 0 Å². The Hall–Kier alpha value is -2.15. The van der Waals surface area contributed by atoms with Crippen LogP contribution in [0.1, 0.15) is 28.4 Å². The average Bonchev–Trinajstić information content (AvgIpc) is 2.38. The van der Waals surface area contributed by atoms with Gasteiger partial charge in [-0.2, -0.15) is 0 Å². The lowest BCUT2D eigenvalue weighted by molar-refractivity contribution is 0.112. The van der Waals surface area contributed by atoms with Crippen molar-refractivity contribution in [2.45, 2.75) is 13.8 Å². The van der Waals surface area contributed by atoms with Crippen molar-refractivity contribution >= 4 is 11.9 Å². The summed E-state index contributed by atoms with van der Waals surface area (Å²) < 4.78 is 0. The second kappa shape index (κ2) is 5.01. The van der Waals surface area contributed by atoms with Crippen molar-refractivity contribution in [3.63, 3.8) is 0 Å². The largest absolute Gasteiger partial charge is 0.298 e. The number of benzene rings is 2. The fourth-order valence-corrected chi connectivity index (χ4v) is 2.10. The molecule has 0 N–H and O–H groups in total. The van der Waals surface area contributed by atoms with E-state index in [4.69, 9.17) is 0 Å². The predicted octanol–water partition coefficient (Wildman–Crippen LogP) is 4.51. The van der Waals surface area contributed by atoms with Gasteiger partial charge in [-0.05, 0) is 30.5 Å². The smallest absolute Gasteiger partial charge is 0.150 e. The normalized spacial score (nSPS) is 10.1. The lowest BCUT2D eigenvalue weighted by Gasteiger charge is -2.12. The zero-order valence-corrected chi connectivity index (χ0v) is 10.7. The second-order valence-electron chi connectivity index (χ2n) is 4.53. The monoisotopic (exact) mass is 236 g/mol. The number of hydrogen-bond acceptors (Lipinski definition) is 1. The van der Waals surface area contributed by atoms with Crippen LogP contribution in [0.15, 0.2) is 49.0 Å². The highest BCUT2D eigenvalue weighted by Gasteiger charge is 2.09. The van der Waals surface area contributed by atoms with Crippen LogP contribution < -0.4 is 0 Å². The predicted molar refractivity (Wildman–Crippen MR) is 76.7 cm³/mol. The summed E-state index contributed by atoms with van der Waals surface area (Å²) in [5, 5.41) is 0. The number of carbonyl (C=O) groups is 1. The molecule has 0 heterocycles. The summed E-state index contributed by atoms with van der Waals surface area (Å²) >= 11 is 0. The van der Waals surface area contributed by atoms with Gasteiger partial charge in [0, 0.05) is 5.56 Å². The summed E-state index contributed by atoms with van der Waals surface area (Å²) in [6.07, 6.45) is 0.903. The van der Waals surface area contributed by atoms with E-state index in [2.05, 4.69) is 31.7 Å². The van der Waals surface area contributed by atoms with Gasteiger partial charge >= 0.3 is 0 Å². The second-order valence-corrected chi connectivity index (χ2v) is 4.53. The van der Waals surface area contributed by atoms with Crippen LogP contribution in [-0.2, 0) is 0 Å². The highest BCUT2D eigenvalue weighted by atomic mass is 16.1. The molecule has 1 heteroatoms. The molecule has 0 aliphatic rings. The molecule has 2 rings (SSSR count). The van der Waals surface area contributed by atoms with E-state index in [1.807, 2.05) is 31.2 Å². The van der Waals surface area contributed by atoms with Crippen LogP contribution in [0, 0.1) is 6.92 Å². The molecular formula is C17H16O. The standard InChI is InChI=1S/C17H16O/c1-12(2)15-9-8-13(3)10-17(15)16-7-5-4-6-14(16)11-18/h4-11H,1H2,2-3H3. The Labute approximate surface area is 108 Å². The molecule has 0 unspecified atom stereocenters. The van der Waals surface area contributed by atoms with E-state index in [0.717, 1.165) is 28.5 Å². The minimum Gasteiger partial charge on any atom is -0.298 e. The van der Waals surface area contributed by atoms with E-state index in [1.54, 1.807) is 0 Å². The molecule has 0 atom stereocenters. The lowest BCUT2D eigenvalue weighted by Crippen LogP contribution is -1.92. The van der Waals surface area contributed by atoms with Gasteiger partial charge in [-0.25, -0.2) is 0 Å². The van der Waals surface area contributed by atoms with Crippen molar-refractivity contribution in [3.05, 3.63) is 65.7 Å². The maximum absolute atomic E-state index is 11.1. The maximum Gasteiger partial charge on any atom is 0.150 e. The zero-order chi connectivity index (χ0) is 13.1. The highest BCUT2D eigenvalue weighted by Crippen LogP contribution is 2.30. The van der Waals surface area contributed by atoms with E-state index in [0.29, 0.717) is 5.56 Å². The van der Waals surface area contributed by atoms with Crippen molar-refractivity contribution in [3.8, 4) is 11.1 Å². The molecule has 90 valence electrons. The molecule has 0 fully saturated rings. The van der Waals surface area contributed by atoms with E-state index in [1.165, 1.54) is 5.56 Å². The first-order valence-electron chi connectivity index (χ1n) is 5.94. The average molecular weight is 236 g/mol. The van der Waals surface area contributed by atoms with Crippen molar-refractivity contribution < 1.29 is 4.79 Å². The number of allylic oxidation sites excluding steroid dienone is 1. The Morgan fingerprint density at radius 2 is 1.83 bits per heavy atom. The van der Waals surface area contributed by atoms with Crippen molar-refractivity contribution in [1.82, 2.24) is 0 Å². The van der Waals surface area contributed by atoms with E-state index < -0.39 is 0 Å². The van der Waals surface area contributed by atoms with Gasteiger partial charge in [-0.15, -0.1) is 0 Å². The molecular weight excluding hydrogens is 220 g/mol. The molecule has 1 nitrogen and oxygen atoms in total. The van der Waals surface area contributed by atoms with E-state index in [-0.39, 0.29) is 0 Å². The number of hydrogen-bond donors (Lipinski definition) is 0. The van der Waals surface area contributed by atoms with Gasteiger partial charge in [-0.1, -0.05) is 60.2 Å². The molecule has 18 heavy (non-hydrogen) atoms. The van der Waals surface area contributed by atoms with Gasteiger partial charge in [0.1, 0.15) is 0 Å². The first-order valence-corrected chi connectivity index (χ1v) is 5.94. The summed E-state index contributed by atoms with van der Waals surface area (Å²) in [5.41, 5.74) is 6.03. The SMILES string of the molecule is C=C(C)c1ccc(C)cc1-c1ccccc1C=O. The summed E-state index contributed by atoms with van der Waals surface area (Å²) in [5.74, 6) is 0. The van der Waals surface area contributed by atoms with Gasteiger partial charge in [0.2, 0.25) is 0 Å². The van der Waals surface area contributed by atoms with Crippen LogP contribution in [0.25, 0.3) is 16.7 Å². The van der Waals surface area contributed by atoms with Crippen molar-refractivity contribution in [2.75, 3.05) is 0 Å². The van der Waals surface area contributed by atoms with Crippen molar-refractivity contribution in [2.24, 2.45) is 0 Å². The molecule has 0 aliphatic carbocycles. The molecule has 0 radical (unpaired) electrons. The molecule has 2 aromatic rings. The summed E-state index contributed by atoms with van der Waals surface area (Å²) in [6, 6.07) is 13.9. The Kier molecular flexibility index (Phi) is 3.42. The maximum atomic E-state index is 11.1. The summed E-state index contributed by atoms with van der Waals surface area (Å²) in [6.45, 7) is 8.04. The molecule has 0 spiro atoms. The topological polar surface area (TPSA) is 17.1 Å². The number of aldehydes is 1. The van der Waals surface area contributed by atoms with Crippen LogP contribution in [-0.4, -0.2) is 6.29 Å². The molecule has 0 amide bonds. The zero-order valence-electron chi connectivity index (χ0n) is 10.7. The number of carbonyl (C=O) groups excluding carboxylic acids is 1. The van der Waals surface area contributed by atoms with Gasteiger partial charge in [-0.3, -0.25) is 4.79 Å². The third kappa shape index (κ3) is 2.25. The summed E-state index contributed by atoms with van der Waals surface area (Å²) in [7, 11) is 0. The van der Waals surface area contributed by atoms with Gasteiger partial charge < -0.3 is 0 Å². The van der Waals surface area contributed by atoms with Gasteiger partial charge in [0.25, 0.3) is 0 Å². The van der Waals surface area contributed by atoms with E-state index >= 15 is 0 Å². The lowest BCUT2D eigenvalue weighted by atomic mass is 9.92. The first-order chi connectivity index (χ1) is 8.63. The first kappa shape index (κ1) is 12.3. The minimum atomic E-state index is 0.714. The van der Waals surface area contributed by atoms with E-state index in [9.17, 15) is 4.79 Å². The molecule has 0 aliphatic heterocycles. The third-order valence-electron chi connectivity index (χ3n) is 3.01. The fraction of sp³-hybridized carbons (Fsp3) is 0.118. The fourth-order valence-electron chi connectivity index (χ4n) is 2.10. The van der Waals surface area contributed by atoms with Crippen molar-refractivity contribution in [1.29, 1.82) is 0 Å². The van der Waals surface area contributed by atoms with Crippen LogP contribution >= 0.6 is 0 Å².